The Bertz CT molecular complexity index is 370. The fraction of sp³-hybridized carbons (Fsp3) is 0.700. The van der Waals surface area contributed by atoms with Crippen LogP contribution in [0.1, 0.15) is 32.2 Å². The van der Waals surface area contributed by atoms with Gasteiger partial charge < -0.3 is 5.11 Å². The summed E-state index contributed by atoms with van der Waals surface area (Å²) in [5.74, 6) is 0. The minimum absolute atomic E-state index is 0.273. The Balaban J connectivity index is 2.95. The zero-order valence-electron chi connectivity index (χ0n) is 9.36. The fourth-order valence-electron chi connectivity index (χ4n) is 1.46. The molecule has 0 spiro atoms. The standard InChI is InChI=1S/C10H16N4O/c1-4-9-8(5-6-11)12-13-14(9)7-10(2,3)15/h15H,4-5,7H2,1-3H3. The zero-order chi connectivity index (χ0) is 11.5. The van der Waals surface area contributed by atoms with Gasteiger partial charge in [-0.1, -0.05) is 12.1 Å². The van der Waals surface area contributed by atoms with Gasteiger partial charge in [-0.05, 0) is 20.3 Å². The van der Waals surface area contributed by atoms with E-state index in [-0.39, 0.29) is 6.42 Å². The molecule has 0 aromatic carbocycles. The smallest absolute Gasteiger partial charge is 0.0999 e. The van der Waals surface area contributed by atoms with Crippen molar-refractivity contribution in [3.8, 4) is 6.07 Å². The predicted molar refractivity (Wildman–Crippen MR) is 55.0 cm³/mol. The Morgan fingerprint density at radius 1 is 1.53 bits per heavy atom. The van der Waals surface area contributed by atoms with E-state index in [1.165, 1.54) is 0 Å². The molecule has 1 heterocycles. The molecule has 5 nitrogen and oxygen atoms in total. The minimum atomic E-state index is -0.818. The molecule has 0 radical (unpaired) electrons. The molecule has 0 amide bonds. The number of hydrogen-bond donors (Lipinski definition) is 1. The Kier molecular flexibility index (Phi) is 3.43. The predicted octanol–water partition coefficient (Wildman–Crippen LogP) is 0.677. The van der Waals surface area contributed by atoms with Crippen LogP contribution >= 0.6 is 0 Å². The molecule has 0 atom stereocenters. The summed E-state index contributed by atoms with van der Waals surface area (Å²) in [6.07, 6.45) is 1.04. The molecule has 1 N–H and O–H groups in total. The lowest BCUT2D eigenvalue weighted by Crippen LogP contribution is -2.27. The van der Waals surface area contributed by atoms with Gasteiger partial charge in [0.1, 0.15) is 0 Å². The largest absolute Gasteiger partial charge is 0.389 e. The number of aliphatic hydroxyl groups is 1. The Morgan fingerprint density at radius 3 is 2.67 bits per heavy atom. The van der Waals surface area contributed by atoms with Crippen LogP contribution in [-0.4, -0.2) is 25.7 Å². The summed E-state index contributed by atoms with van der Waals surface area (Å²) in [7, 11) is 0. The van der Waals surface area contributed by atoms with Crippen molar-refractivity contribution >= 4 is 0 Å². The first kappa shape index (κ1) is 11.7. The molecule has 0 fully saturated rings. The quantitative estimate of drug-likeness (QED) is 0.789. The first-order valence-corrected chi connectivity index (χ1v) is 4.98. The van der Waals surface area contributed by atoms with Crippen LogP contribution in [0.2, 0.25) is 0 Å². The Hall–Kier alpha value is -1.41. The molecule has 0 aliphatic heterocycles. The van der Waals surface area contributed by atoms with Crippen LogP contribution in [0.4, 0.5) is 0 Å². The first-order valence-electron chi connectivity index (χ1n) is 4.98. The van der Waals surface area contributed by atoms with E-state index in [1.807, 2.05) is 6.92 Å². The summed E-state index contributed by atoms with van der Waals surface area (Å²) < 4.78 is 1.67. The van der Waals surface area contributed by atoms with Gasteiger partial charge in [0.15, 0.2) is 0 Å². The van der Waals surface area contributed by atoms with Crippen LogP contribution in [-0.2, 0) is 19.4 Å². The summed E-state index contributed by atoms with van der Waals surface area (Å²) in [5.41, 5.74) is 0.824. The Labute approximate surface area is 89.3 Å². The second-order valence-electron chi connectivity index (χ2n) is 4.14. The molecule has 82 valence electrons. The minimum Gasteiger partial charge on any atom is -0.389 e. The number of hydrogen-bond acceptors (Lipinski definition) is 4. The van der Waals surface area contributed by atoms with Crippen LogP contribution < -0.4 is 0 Å². The molecule has 5 heteroatoms. The van der Waals surface area contributed by atoms with E-state index in [0.29, 0.717) is 12.2 Å². The van der Waals surface area contributed by atoms with Gasteiger partial charge in [0, 0.05) is 0 Å². The highest BCUT2D eigenvalue weighted by molar-refractivity contribution is 5.14. The van der Waals surface area contributed by atoms with Gasteiger partial charge in [0.2, 0.25) is 0 Å². The van der Waals surface area contributed by atoms with E-state index >= 15 is 0 Å². The molecule has 0 aliphatic carbocycles. The summed E-state index contributed by atoms with van der Waals surface area (Å²) in [5, 5.41) is 26.2. The van der Waals surface area contributed by atoms with E-state index in [9.17, 15) is 5.11 Å². The summed E-state index contributed by atoms with van der Waals surface area (Å²) in [6.45, 7) is 5.82. The molecule has 1 rings (SSSR count). The second-order valence-corrected chi connectivity index (χ2v) is 4.14. The third-order valence-corrected chi connectivity index (χ3v) is 2.04. The first-order chi connectivity index (χ1) is 6.98. The van der Waals surface area contributed by atoms with Gasteiger partial charge in [-0.3, -0.25) is 0 Å². The normalized spacial score (nSPS) is 11.4. The highest BCUT2D eigenvalue weighted by atomic mass is 16.3. The lowest BCUT2D eigenvalue weighted by molar-refractivity contribution is 0.0562. The van der Waals surface area contributed by atoms with Crippen molar-refractivity contribution in [1.29, 1.82) is 5.26 Å². The van der Waals surface area contributed by atoms with E-state index in [2.05, 4.69) is 16.4 Å². The SMILES string of the molecule is CCc1c(CC#N)nnn1CC(C)(C)O. The van der Waals surface area contributed by atoms with Crippen molar-refractivity contribution < 1.29 is 5.11 Å². The molecular weight excluding hydrogens is 192 g/mol. The number of nitriles is 1. The van der Waals surface area contributed by atoms with Crippen molar-refractivity contribution in [2.24, 2.45) is 0 Å². The van der Waals surface area contributed by atoms with E-state index in [0.717, 1.165) is 12.1 Å². The lowest BCUT2D eigenvalue weighted by atomic mass is 10.1. The summed E-state index contributed by atoms with van der Waals surface area (Å²) in [6, 6.07) is 2.06. The van der Waals surface area contributed by atoms with Crippen molar-refractivity contribution in [2.75, 3.05) is 0 Å². The van der Waals surface area contributed by atoms with Crippen LogP contribution in [0.15, 0.2) is 0 Å². The maximum absolute atomic E-state index is 9.68. The van der Waals surface area contributed by atoms with Gasteiger partial charge in [-0.25, -0.2) is 4.68 Å². The van der Waals surface area contributed by atoms with Crippen molar-refractivity contribution in [3.05, 3.63) is 11.4 Å². The van der Waals surface area contributed by atoms with Crippen molar-refractivity contribution in [1.82, 2.24) is 15.0 Å². The zero-order valence-corrected chi connectivity index (χ0v) is 9.36. The third-order valence-electron chi connectivity index (χ3n) is 2.04. The third kappa shape index (κ3) is 3.03. The van der Waals surface area contributed by atoms with Gasteiger partial charge in [-0.2, -0.15) is 5.26 Å². The van der Waals surface area contributed by atoms with Gasteiger partial charge in [0.25, 0.3) is 0 Å². The van der Waals surface area contributed by atoms with E-state index in [1.54, 1.807) is 18.5 Å². The van der Waals surface area contributed by atoms with Gasteiger partial charge in [-0.15, -0.1) is 5.10 Å². The molecule has 1 aromatic rings. The highest BCUT2D eigenvalue weighted by Gasteiger charge is 2.18. The number of rotatable bonds is 4. The maximum atomic E-state index is 9.68. The topological polar surface area (TPSA) is 74.7 Å². The van der Waals surface area contributed by atoms with Gasteiger partial charge in [0.05, 0.1) is 36.0 Å². The average Bonchev–Trinajstić information content (AvgIpc) is 2.45. The molecule has 0 aliphatic rings. The van der Waals surface area contributed by atoms with E-state index in [4.69, 9.17) is 5.26 Å². The average molecular weight is 208 g/mol. The van der Waals surface area contributed by atoms with Crippen LogP contribution in [0.25, 0.3) is 0 Å². The fourth-order valence-corrected chi connectivity index (χ4v) is 1.46. The van der Waals surface area contributed by atoms with Crippen LogP contribution in [0.5, 0.6) is 0 Å². The highest BCUT2D eigenvalue weighted by Crippen LogP contribution is 2.11. The van der Waals surface area contributed by atoms with Crippen LogP contribution in [0, 0.1) is 11.3 Å². The molecule has 15 heavy (non-hydrogen) atoms. The monoisotopic (exact) mass is 208 g/mol. The van der Waals surface area contributed by atoms with Gasteiger partial charge >= 0.3 is 0 Å². The molecule has 0 bridgehead atoms. The number of nitrogens with zero attached hydrogens (tertiary/aromatic N) is 4. The molecule has 0 saturated heterocycles. The second kappa shape index (κ2) is 4.41. The molecule has 1 aromatic heterocycles. The number of aromatic nitrogens is 3. The molecule has 0 unspecified atom stereocenters. The summed E-state index contributed by atoms with van der Waals surface area (Å²) in [4.78, 5) is 0. The van der Waals surface area contributed by atoms with E-state index < -0.39 is 5.60 Å². The van der Waals surface area contributed by atoms with Crippen molar-refractivity contribution in [2.45, 2.75) is 45.8 Å². The Morgan fingerprint density at radius 2 is 2.20 bits per heavy atom. The molecular formula is C10H16N4O. The van der Waals surface area contributed by atoms with Crippen LogP contribution in [0.3, 0.4) is 0 Å². The van der Waals surface area contributed by atoms with Crippen molar-refractivity contribution in [3.63, 3.8) is 0 Å². The lowest BCUT2D eigenvalue weighted by Gasteiger charge is -2.17. The summed E-state index contributed by atoms with van der Waals surface area (Å²) >= 11 is 0. The maximum Gasteiger partial charge on any atom is 0.0999 e. The molecule has 0 saturated carbocycles.